The fraction of sp³-hybridized carbons (Fsp3) is 0.105. The molecule has 1 aromatic heterocycles. The number of rotatable bonds is 1. The Labute approximate surface area is 154 Å². The zero-order chi connectivity index (χ0) is 17.6. The lowest BCUT2D eigenvalue weighted by atomic mass is 9.78. The molecule has 0 saturated heterocycles. The Morgan fingerprint density at radius 1 is 1.12 bits per heavy atom. The highest BCUT2D eigenvalue weighted by Gasteiger charge is 2.37. The average Bonchev–Trinajstić information content (AvgIpc) is 2.63. The van der Waals surface area contributed by atoms with Gasteiger partial charge in [-0.3, -0.25) is 10.4 Å². The number of benzene rings is 2. The van der Waals surface area contributed by atoms with Crippen molar-refractivity contribution in [3.05, 3.63) is 69.8 Å². The molecule has 2 aromatic carbocycles. The number of nitrogens with zero attached hydrogens (tertiary/aromatic N) is 2. The lowest BCUT2D eigenvalue weighted by Gasteiger charge is -2.31. The summed E-state index contributed by atoms with van der Waals surface area (Å²) in [6.45, 7) is 0. The van der Waals surface area contributed by atoms with Crippen molar-refractivity contribution in [3.8, 4) is 11.8 Å². The summed E-state index contributed by atoms with van der Waals surface area (Å²) in [5.74, 6) is -0.611. The minimum atomic E-state index is -0.737. The number of nitrogens with one attached hydrogen (secondary N) is 1. The molecule has 1 aliphatic heterocycles. The molecule has 4 nitrogen and oxygen atoms in total. The maximum Gasteiger partial charge on any atom is 0.205 e. The van der Waals surface area contributed by atoms with Crippen LogP contribution in [-0.2, 0) is 0 Å². The fourth-order valence-electron chi connectivity index (χ4n) is 3.22. The molecular formula is C19H11Cl2N3O. The summed E-state index contributed by atoms with van der Waals surface area (Å²) in [6, 6.07) is 15.0. The van der Waals surface area contributed by atoms with Gasteiger partial charge in [-0.05, 0) is 35.9 Å². The molecule has 0 aliphatic carbocycles. The Hall–Kier alpha value is -2.61. The van der Waals surface area contributed by atoms with Crippen LogP contribution in [0.25, 0.3) is 10.9 Å². The van der Waals surface area contributed by atoms with Crippen LogP contribution in [0, 0.1) is 22.7 Å². The first-order chi connectivity index (χ1) is 12.1. The third-order valence-electron chi connectivity index (χ3n) is 4.37. The Morgan fingerprint density at radius 3 is 2.72 bits per heavy atom. The quantitative estimate of drug-likeness (QED) is 0.643. The molecular weight excluding hydrogens is 357 g/mol. The molecule has 25 heavy (non-hydrogen) atoms. The van der Waals surface area contributed by atoms with Crippen molar-refractivity contribution in [2.24, 2.45) is 5.92 Å². The van der Waals surface area contributed by atoms with E-state index in [0.29, 0.717) is 15.8 Å². The molecule has 0 fully saturated rings. The summed E-state index contributed by atoms with van der Waals surface area (Å²) >= 11 is 12.2. The molecule has 0 spiro atoms. The van der Waals surface area contributed by atoms with Gasteiger partial charge >= 0.3 is 0 Å². The van der Waals surface area contributed by atoms with E-state index < -0.39 is 5.92 Å². The van der Waals surface area contributed by atoms with Crippen LogP contribution in [0.3, 0.4) is 0 Å². The number of fused-ring (bicyclic) bond motifs is 3. The zero-order valence-electron chi connectivity index (χ0n) is 12.8. The first-order valence-electron chi connectivity index (χ1n) is 7.58. The molecule has 4 rings (SSSR count). The summed E-state index contributed by atoms with van der Waals surface area (Å²) < 4.78 is 5.72. The number of aromatic nitrogens is 1. The highest BCUT2D eigenvalue weighted by atomic mass is 35.5. The lowest BCUT2D eigenvalue weighted by Crippen LogP contribution is -2.31. The number of halogens is 2. The normalized spacial score (nSPS) is 19.2. The van der Waals surface area contributed by atoms with Gasteiger partial charge in [0.25, 0.3) is 0 Å². The van der Waals surface area contributed by atoms with Gasteiger partial charge in [0.15, 0.2) is 0 Å². The van der Waals surface area contributed by atoms with Crippen molar-refractivity contribution in [3.63, 3.8) is 0 Å². The minimum absolute atomic E-state index is 0.0811. The third kappa shape index (κ3) is 2.53. The monoisotopic (exact) mass is 367 g/mol. The van der Waals surface area contributed by atoms with Gasteiger partial charge in [-0.25, -0.2) is 0 Å². The van der Waals surface area contributed by atoms with Crippen LogP contribution in [0.1, 0.15) is 17.0 Å². The number of ether oxygens (including phenoxy) is 1. The lowest BCUT2D eigenvalue weighted by molar-refractivity contribution is 0.455. The topological polar surface area (TPSA) is 69.8 Å². The molecule has 2 heterocycles. The van der Waals surface area contributed by atoms with Crippen LogP contribution in [0.5, 0.6) is 5.75 Å². The van der Waals surface area contributed by atoms with Gasteiger partial charge in [-0.15, -0.1) is 0 Å². The minimum Gasteiger partial charge on any atom is -0.441 e. The molecule has 1 N–H and O–H groups in total. The second kappa shape index (κ2) is 6.03. The van der Waals surface area contributed by atoms with E-state index in [-0.39, 0.29) is 11.8 Å². The Bertz CT molecular complexity index is 1060. The van der Waals surface area contributed by atoms with Crippen molar-refractivity contribution in [2.45, 2.75) is 5.92 Å². The predicted molar refractivity (Wildman–Crippen MR) is 97.5 cm³/mol. The van der Waals surface area contributed by atoms with Gasteiger partial charge < -0.3 is 4.74 Å². The standard InChI is InChI=1S/C19H11Cl2N3O/c20-14-5-3-10(8-15(14)21)17-12-4-6-16-11(2-1-7-24-16)18(12)25-19(23)13(17)9-22/h1-8,13,17,23H. The molecule has 2 unspecified atom stereocenters. The van der Waals surface area contributed by atoms with E-state index in [1.54, 1.807) is 18.3 Å². The molecule has 2 atom stereocenters. The Balaban J connectivity index is 1.99. The Kier molecular flexibility index (Phi) is 3.84. The third-order valence-corrected chi connectivity index (χ3v) is 5.11. The van der Waals surface area contributed by atoms with Gasteiger partial charge in [-0.1, -0.05) is 35.3 Å². The van der Waals surface area contributed by atoms with Gasteiger partial charge in [0.05, 0.1) is 21.6 Å². The predicted octanol–water partition coefficient (Wildman–Crippen LogP) is 5.18. The molecule has 1 aliphatic rings. The number of hydrogen-bond acceptors (Lipinski definition) is 4. The summed E-state index contributed by atoms with van der Waals surface area (Å²) in [6.07, 6.45) is 1.71. The molecule has 6 heteroatoms. The number of pyridine rings is 1. The van der Waals surface area contributed by atoms with E-state index in [2.05, 4.69) is 11.1 Å². The molecule has 0 saturated carbocycles. The van der Waals surface area contributed by atoms with E-state index in [1.807, 2.05) is 30.3 Å². The summed E-state index contributed by atoms with van der Waals surface area (Å²) in [7, 11) is 0. The second-order valence-corrected chi connectivity index (χ2v) is 6.59. The van der Waals surface area contributed by atoms with Crippen molar-refractivity contribution in [1.29, 1.82) is 10.7 Å². The summed E-state index contributed by atoms with van der Waals surface area (Å²) in [5, 5.41) is 19.5. The van der Waals surface area contributed by atoms with Gasteiger partial charge in [0, 0.05) is 23.1 Å². The van der Waals surface area contributed by atoms with E-state index in [4.69, 9.17) is 33.3 Å². The van der Waals surface area contributed by atoms with Crippen LogP contribution < -0.4 is 4.74 Å². The van der Waals surface area contributed by atoms with E-state index >= 15 is 0 Å². The SMILES string of the molecule is N#CC1C(=N)Oc2c(ccc3ncccc23)C1c1ccc(Cl)c(Cl)c1. The second-order valence-electron chi connectivity index (χ2n) is 5.78. The maximum absolute atomic E-state index is 9.61. The number of nitriles is 1. The smallest absolute Gasteiger partial charge is 0.205 e. The van der Waals surface area contributed by atoms with Crippen LogP contribution in [0.15, 0.2) is 48.7 Å². The van der Waals surface area contributed by atoms with Gasteiger partial charge in [0.1, 0.15) is 11.7 Å². The largest absolute Gasteiger partial charge is 0.441 e. The zero-order valence-corrected chi connectivity index (χ0v) is 14.3. The van der Waals surface area contributed by atoms with Crippen LogP contribution >= 0.6 is 23.2 Å². The van der Waals surface area contributed by atoms with E-state index in [1.165, 1.54) is 0 Å². The van der Waals surface area contributed by atoms with Gasteiger partial charge in [-0.2, -0.15) is 5.26 Å². The Morgan fingerprint density at radius 2 is 1.96 bits per heavy atom. The van der Waals surface area contributed by atoms with Crippen molar-refractivity contribution >= 4 is 40.0 Å². The van der Waals surface area contributed by atoms with Crippen LogP contribution in [0.4, 0.5) is 0 Å². The molecule has 0 amide bonds. The first-order valence-corrected chi connectivity index (χ1v) is 8.34. The van der Waals surface area contributed by atoms with E-state index in [0.717, 1.165) is 22.0 Å². The van der Waals surface area contributed by atoms with Crippen molar-refractivity contribution in [1.82, 2.24) is 4.98 Å². The first kappa shape index (κ1) is 15.9. The van der Waals surface area contributed by atoms with Crippen molar-refractivity contribution < 1.29 is 4.74 Å². The summed E-state index contributed by atoms with van der Waals surface area (Å²) in [4.78, 5) is 4.32. The fourth-order valence-corrected chi connectivity index (χ4v) is 3.52. The number of hydrogen-bond donors (Lipinski definition) is 1. The van der Waals surface area contributed by atoms with Crippen LogP contribution in [0.2, 0.25) is 10.0 Å². The molecule has 122 valence electrons. The highest BCUT2D eigenvalue weighted by Crippen LogP contribution is 2.45. The highest BCUT2D eigenvalue weighted by molar-refractivity contribution is 6.42. The molecule has 0 radical (unpaired) electrons. The molecule has 0 bridgehead atoms. The maximum atomic E-state index is 9.61. The average molecular weight is 368 g/mol. The van der Waals surface area contributed by atoms with Crippen LogP contribution in [-0.4, -0.2) is 10.9 Å². The molecule has 3 aromatic rings. The van der Waals surface area contributed by atoms with Gasteiger partial charge in [0.2, 0.25) is 5.90 Å². The van der Waals surface area contributed by atoms with E-state index in [9.17, 15) is 5.26 Å². The van der Waals surface area contributed by atoms with Crippen molar-refractivity contribution in [2.75, 3.05) is 0 Å². The summed E-state index contributed by atoms with van der Waals surface area (Å²) in [5.41, 5.74) is 2.43.